The zero-order chi connectivity index (χ0) is 14.3. The van der Waals surface area contributed by atoms with Gasteiger partial charge in [-0.25, -0.2) is 0 Å². The first kappa shape index (κ1) is 15.2. The molecule has 0 bridgehead atoms. The highest BCUT2D eigenvalue weighted by Crippen LogP contribution is 2.00. The van der Waals surface area contributed by atoms with Gasteiger partial charge in [-0.1, -0.05) is 18.2 Å². The first-order valence-electron chi connectivity index (χ1n) is 6.29. The molecule has 5 heteroatoms. The van der Waals surface area contributed by atoms with Crippen molar-refractivity contribution < 1.29 is 14.7 Å². The fourth-order valence-corrected chi connectivity index (χ4v) is 1.56. The molecule has 0 aromatic heterocycles. The highest BCUT2D eigenvalue weighted by atomic mass is 16.3. The van der Waals surface area contributed by atoms with Gasteiger partial charge in [0.1, 0.15) is 0 Å². The lowest BCUT2D eigenvalue weighted by Gasteiger charge is -2.14. The highest BCUT2D eigenvalue weighted by molar-refractivity contribution is 5.94. The molecule has 2 atom stereocenters. The molecule has 0 radical (unpaired) electrons. The van der Waals surface area contributed by atoms with E-state index in [2.05, 4.69) is 10.6 Å². The lowest BCUT2D eigenvalue weighted by Crippen LogP contribution is -2.38. The standard InChI is InChI=1S/C14H20N2O3/c1-10(8-13(18)15-9-11(2)17)16-14(19)12-6-4-3-5-7-12/h3-7,10-11,17H,8-9H2,1-2H3,(H,15,18)(H,16,19). The molecule has 19 heavy (non-hydrogen) atoms. The zero-order valence-corrected chi connectivity index (χ0v) is 11.2. The van der Waals surface area contributed by atoms with Crippen LogP contribution in [0.3, 0.4) is 0 Å². The predicted molar refractivity (Wildman–Crippen MR) is 72.7 cm³/mol. The van der Waals surface area contributed by atoms with E-state index in [9.17, 15) is 9.59 Å². The molecular weight excluding hydrogens is 244 g/mol. The van der Waals surface area contributed by atoms with E-state index in [1.165, 1.54) is 0 Å². The van der Waals surface area contributed by atoms with Gasteiger partial charge >= 0.3 is 0 Å². The zero-order valence-electron chi connectivity index (χ0n) is 11.2. The SMILES string of the molecule is CC(O)CNC(=O)CC(C)NC(=O)c1ccccc1. The van der Waals surface area contributed by atoms with Crippen LogP contribution >= 0.6 is 0 Å². The van der Waals surface area contributed by atoms with Gasteiger partial charge in [0.2, 0.25) is 5.91 Å². The second-order valence-electron chi connectivity index (χ2n) is 4.60. The van der Waals surface area contributed by atoms with Crippen molar-refractivity contribution in [3.8, 4) is 0 Å². The summed E-state index contributed by atoms with van der Waals surface area (Å²) >= 11 is 0. The van der Waals surface area contributed by atoms with E-state index in [4.69, 9.17) is 5.11 Å². The molecule has 2 amide bonds. The number of carbonyl (C=O) groups is 2. The molecule has 2 unspecified atom stereocenters. The van der Waals surface area contributed by atoms with Crippen molar-refractivity contribution in [2.75, 3.05) is 6.54 Å². The van der Waals surface area contributed by atoms with Gasteiger partial charge in [-0.05, 0) is 26.0 Å². The Balaban J connectivity index is 2.37. The van der Waals surface area contributed by atoms with Crippen molar-refractivity contribution in [1.29, 1.82) is 0 Å². The van der Waals surface area contributed by atoms with Crippen molar-refractivity contribution in [2.45, 2.75) is 32.4 Å². The number of aliphatic hydroxyl groups is 1. The molecule has 0 saturated carbocycles. The number of carbonyl (C=O) groups excluding carboxylic acids is 2. The Morgan fingerprint density at radius 1 is 1.21 bits per heavy atom. The molecule has 1 aromatic rings. The van der Waals surface area contributed by atoms with E-state index in [1.807, 2.05) is 6.07 Å². The first-order chi connectivity index (χ1) is 8.99. The molecule has 0 heterocycles. The van der Waals surface area contributed by atoms with Crippen molar-refractivity contribution >= 4 is 11.8 Å². The third-order valence-electron chi connectivity index (χ3n) is 2.50. The molecule has 0 aliphatic rings. The van der Waals surface area contributed by atoms with Gasteiger partial charge in [0.25, 0.3) is 5.91 Å². The Kier molecular flexibility index (Phi) is 6.02. The maximum absolute atomic E-state index is 11.8. The maximum Gasteiger partial charge on any atom is 0.251 e. The van der Waals surface area contributed by atoms with Crippen LogP contribution in [-0.4, -0.2) is 35.6 Å². The summed E-state index contributed by atoms with van der Waals surface area (Å²) < 4.78 is 0. The molecule has 3 N–H and O–H groups in total. The summed E-state index contributed by atoms with van der Waals surface area (Å²) in [6.45, 7) is 3.59. The number of benzene rings is 1. The van der Waals surface area contributed by atoms with Crippen LogP contribution in [0, 0.1) is 0 Å². The van der Waals surface area contributed by atoms with Crippen molar-refractivity contribution in [2.24, 2.45) is 0 Å². The van der Waals surface area contributed by atoms with Crippen LogP contribution in [0.5, 0.6) is 0 Å². The first-order valence-corrected chi connectivity index (χ1v) is 6.29. The minimum absolute atomic E-state index is 0.186. The minimum atomic E-state index is -0.571. The Morgan fingerprint density at radius 3 is 2.42 bits per heavy atom. The average molecular weight is 264 g/mol. The summed E-state index contributed by atoms with van der Waals surface area (Å²) in [6.07, 6.45) is -0.385. The van der Waals surface area contributed by atoms with Crippen LogP contribution in [0.1, 0.15) is 30.6 Å². The highest BCUT2D eigenvalue weighted by Gasteiger charge is 2.13. The van der Waals surface area contributed by atoms with Crippen LogP contribution in [0.25, 0.3) is 0 Å². The van der Waals surface area contributed by atoms with Crippen LogP contribution in [-0.2, 0) is 4.79 Å². The van der Waals surface area contributed by atoms with Crippen LogP contribution < -0.4 is 10.6 Å². The second kappa shape index (κ2) is 7.53. The van der Waals surface area contributed by atoms with Gasteiger partial charge in [0.05, 0.1) is 6.10 Å². The topological polar surface area (TPSA) is 78.4 Å². The summed E-state index contributed by atoms with van der Waals surface area (Å²) in [5, 5.41) is 14.4. The number of rotatable bonds is 6. The lowest BCUT2D eigenvalue weighted by molar-refractivity contribution is -0.121. The molecule has 0 aliphatic carbocycles. The molecule has 1 rings (SSSR count). The van der Waals surface area contributed by atoms with Crippen molar-refractivity contribution in [3.05, 3.63) is 35.9 Å². The summed E-state index contributed by atoms with van der Waals surface area (Å²) in [5.41, 5.74) is 0.568. The van der Waals surface area contributed by atoms with Gasteiger partial charge in [-0.3, -0.25) is 9.59 Å². The third-order valence-corrected chi connectivity index (χ3v) is 2.50. The van der Waals surface area contributed by atoms with Gasteiger partial charge in [-0.2, -0.15) is 0 Å². The van der Waals surface area contributed by atoms with Crippen LogP contribution in [0.15, 0.2) is 30.3 Å². The molecule has 0 aliphatic heterocycles. The molecule has 0 saturated heterocycles. The Morgan fingerprint density at radius 2 is 1.84 bits per heavy atom. The average Bonchev–Trinajstić information content (AvgIpc) is 2.37. The molecular formula is C14H20N2O3. The van der Waals surface area contributed by atoms with Gasteiger partial charge < -0.3 is 15.7 Å². The van der Waals surface area contributed by atoms with Gasteiger partial charge in [-0.15, -0.1) is 0 Å². The molecule has 0 fully saturated rings. The van der Waals surface area contributed by atoms with E-state index < -0.39 is 6.10 Å². The van der Waals surface area contributed by atoms with Crippen LogP contribution in [0.2, 0.25) is 0 Å². The van der Waals surface area contributed by atoms with Crippen molar-refractivity contribution in [1.82, 2.24) is 10.6 Å². The summed E-state index contributed by atoms with van der Waals surface area (Å²) in [5.74, 6) is -0.391. The third kappa shape index (κ3) is 6.01. The quantitative estimate of drug-likeness (QED) is 0.707. The smallest absolute Gasteiger partial charge is 0.251 e. The summed E-state index contributed by atoms with van der Waals surface area (Å²) in [6, 6.07) is 8.58. The summed E-state index contributed by atoms with van der Waals surface area (Å²) in [4.78, 5) is 23.3. The van der Waals surface area contributed by atoms with E-state index in [1.54, 1.807) is 38.1 Å². The number of nitrogens with one attached hydrogen (secondary N) is 2. The minimum Gasteiger partial charge on any atom is -0.392 e. The van der Waals surface area contributed by atoms with E-state index >= 15 is 0 Å². The van der Waals surface area contributed by atoms with Gasteiger partial charge in [0, 0.05) is 24.6 Å². The van der Waals surface area contributed by atoms with E-state index in [0.717, 1.165) is 0 Å². The van der Waals surface area contributed by atoms with E-state index in [0.29, 0.717) is 5.56 Å². The summed E-state index contributed by atoms with van der Waals surface area (Å²) in [7, 11) is 0. The largest absolute Gasteiger partial charge is 0.392 e. The Hall–Kier alpha value is -1.88. The van der Waals surface area contributed by atoms with Gasteiger partial charge in [0.15, 0.2) is 0 Å². The molecule has 0 spiro atoms. The number of aliphatic hydroxyl groups excluding tert-OH is 1. The predicted octanol–water partition coefficient (Wildman–Crippen LogP) is 0.692. The molecule has 104 valence electrons. The Labute approximate surface area is 113 Å². The maximum atomic E-state index is 11.8. The van der Waals surface area contributed by atoms with Crippen LogP contribution in [0.4, 0.5) is 0 Å². The lowest BCUT2D eigenvalue weighted by atomic mass is 10.1. The fourth-order valence-electron chi connectivity index (χ4n) is 1.56. The number of hydrogen-bond acceptors (Lipinski definition) is 3. The Bertz CT molecular complexity index is 418. The number of amides is 2. The fraction of sp³-hybridized carbons (Fsp3) is 0.429. The van der Waals surface area contributed by atoms with Crippen molar-refractivity contribution in [3.63, 3.8) is 0 Å². The van der Waals surface area contributed by atoms with E-state index in [-0.39, 0.29) is 30.8 Å². The molecule has 1 aromatic carbocycles. The number of hydrogen-bond donors (Lipinski definition) is 3. The monoisotopic (exact) mass is 264 g/mol. The second-order valence-corrected chi connectivity index (χ2v) is 4.60. The molecule has 5 nitrogen and oxygen atoms in total. The normalized spacial score (nSPS) is 13.4.